The Morgan fingerprint density at radius 2 is 2.11 bits per heavy atom. The average molecular weight is 265 g/mol. The lowest BCUT2D eigenvalue weighted by molar-refractivity contribution is 0.0956. The molecule has 1 amide bonds. The van der Waals surface area contributed by atoms with Crippen molar-refractivity contribution in [2.45, 2.75) is 26.3 Å². The first-order valence-corrected chi connectivity index (χ1v) is 6.36. The van der Waals surface area contributed by atoms with Gasteiger partial charge < -0.3 is 21.1 Å². The topological polar surface area (TPSA) is 78.6 Å². The lowest BCUT2D eigenvalue weighted by Gasteiger charge is -2.36. The fraction of sp³-hybridized carbons (Fsp3) is 0.500. The zero-order chi connectivity index (χ0) is 14.6. The van der Waals surface area contributed by atoms with Crippen LogP contribution in [0.1, 0.15) is 31.1 Å². The summed E-state index contributed by atoms with van der Waals surface area (Å²) in [7, 11) is 1.85. The number of aliphatic hydroxyl groups excluding tert-OH is 1. The fourth-order valence-electron chi connectivity index (χ4n) is 1.67. The van der Waals surface area contributed by atoms with Gasteiger partial charge in [0.05, 0.1) is 23.5 Å². The molecule has 5 heteroatoms. The van der Waals surface area contributed by atoms with Crippen LogP contribution in [-0.4, -0.2) is 36.8 Å². The van der Waals surface area contributed by atoms with Crippen molar-refractivity contribution in [3.8, 4) is 0 Å². The summed E-state index contributed by atoms with van der Waals surface area (Å²) < 4.78 is 0. The SMILES string of the molecule is CCNC(=O)c1ccc(N)c(N(C)C(C)(C)CO)c1. The number of aliphatic hydroxyl groups is 1. The normalized spacial score (nSPS) is 11.2. The van der Waals surface area contributed by atoms with E-state index in [-0.39, 0.29) is 12.5 Å². The van der Waals surface area contributed by atoms with Gasteiger partial charge in [-0.1, -0.05) is 0 Å². The van der Waals surface area contributed by atoms with E-state index in [2.05, 4.69) is 5.32 Å². The number of hydrogen-bond acceptors (Lipinski definition) is 4. The molecule has 0 aliphatic carbocycles. The Labute approximate surface area is 114 Å². The number of nitrogens with one attached hydrogen (secondary N) is 1. The third-order valence-corrected chi connectivity index (χ3v) is 3.29. The number of nitrogen functional groups attached to an aromatic ring is 1. The summed E-state index contributed by atoms with van der Waals surface area (Å²) in [5.41, 5.74) is 7.39. The number of carbonyl (C=O) groups excluding carboxylic acids is 1. The minimum Gasteiger partial charge on any atom is -0.397 e. The van der Waals surface area contributed by atoms with Gasteiger partial charge in [0.2, 0.25) is 0 Å². The fourth-order valence-corrected chi connectivity index (χ4v) is 1.67. The second-order valence-electron chi connectivity index (χ2n) is 5.16. The van der Waals surface area contributed by atoms with E-state index in [4.69, 9.17) is 5.73 Å². The molecule has 1 aromatic carbocycles. The highest BCUT2D eigenvalue weighted by Gasteiger charge is 2.24. The maximum absolute atomic E-state index is 11.8. The average Bonchev–Trinajstić information content (AvgIpc) is 2.38. The highest BCUT2D eigenvalue weighted by atomic mass is 16.3. The van der Waals surface area contributed by atoms with Gasteiger partial charge in [0, 0.05) is 19.2 Å². The molecule has 5 nitrogen and oxygen atoms in total. The van der Waals surface area contributed by atoms with E-state index in [1.807, 2.05) is 32.7 Å². The Morgan fingerprint density at radius 3 is 2.63 bits per heavy atom. The second kappa shape index (κ2) is 5.93. The van der Waals surface area contributed by atoms with Crippen LogP contribution in [0, 0.1) is 0 Å². The molecule has 0 heterocycles. The number of carbonyl (C=O) groups is 1. The van der Waals surface area contributed by atoms with Gasteiger partial charge in [0.15, 0.2) is 0 Å². The predicted octanol–water partition coefficient (Wildman–Crippen LogP) is 1.23. The molecule has 0 spiro atoms. The number of likely N-dealkylation sites (N-methyl/N-ethyl adjacent to an activating group) is 1. The minimum absolute atomic E-state index is 0.00563. The third kappa shape index (κ3) is 3.38. The molecule has 0 atom stereocenters. The summed E-state index contributed by atoms with van der Waals surface area (Å²) in [6.45, 7) is 6.26. The highest BCUT2D eigenvalue weighted by molar-refractivity contribution is 5.96. The summed E-state index contributed by atoms with van der Waals surface area (Å²) in [6.07, 6.45) is 0. The van der Waals surface area contributed by atoms with Crippen LogP contribution >= 0.6 is 0 Å². The number of amides is 1. The van der Waals surface area contributed by atoms with Crippen LogP contribution < -0.4 is 16.0 Å². The molecular weight excluding hydrogens is 242 g/mol. The number of benzene rings is 1. The van der Waals surface area contributed by atoms with Gasteiger partial charge in [0.1, 0.15) is 0 Å². The van der Waals surface area contributed by atoms with Crippen molar-refractivity contribution in [1.29, 1.82) is 0 Å². The minimum atomic E-state index is -0.450. The summed E-state index contributed by atoms with van der Waals surface area (Å²) >= 11 is 0. The quantitative estimate of drug-likeness (QED) is 0.700. The number of nitrogens with zero attached hydrogens (tertiary/aromatic N) is 1. The molecule has 4 N–H and O–H groups in total. The van der Waals surface area contributed by atoms with Crippen LogP contribution in [0.4, 0.5) is 11.4 Å². The molecule has 0 radical (unpaired) electrons. The van der Waals surface area contributed by atoms with Crippen LogP contribution in [0.15, 0.2) is 18.2 Å². The summed E-state index contributed by atoms with van der Waals surface area (Å²) in [6, 6.07) is 5.16. The first-order valence-electron chi connectivity index (χ1n) is 6.36. The molecule has 0 unspecified atom stereocenters. The van der Waals surface area contributed by atoms with Gasteiger partial charge in [-0.25, -0.2) is 0 Å². The van der Waals surface area contributed by atoms with E-state index >= 15 is 0 Å². The molecule has 0 aromatic heterocycles. The molecule has 0 saturated heterocycles. The first kappa shape index (κ1) is 15.3. The van der Waals surface area contributed by atoms with Gasteiger partial charge in [-0.15, -0.1) is 0 Å². The Morgan fingerprint density at radius 1 is 1.47 bits per heavy atom. The van der Waals surface area contributed by atoms with Crippen molar-refractivity contribution in [2.24, 2.45) is 0 Å². The molecule has 0 fully saturated rings. The molecule has 1 aromatic rings. The van der Waals surface area contributed by atoms with Crippen LogP contribution in [0.3, 0.4) is 0 Å². The largest absolute Gasteiger partial charge is 0.397 e. The Hall–Kier alpha value is -1.75. The second-order valence-corrected chi connectivity index (χ2v) is 5.16. The van der Waals surface area contributed by atoms with Crippen LogP contribution in [0.25, 0.3) is 0 Å². The van der Waals surface area contributed by atoms with Crippen LogP contribution in [0.5, 0.6) is 0 Å². The highest BCUT2D eigenvalue weighted by Crippen LogP contribution is 2.29. The van der Waals surface area contributed by atoms with E-state index in [1.54, 1.807) is 18.2 Å². The van der Waals surface area contributed by atoms with Gasteiger partial charge in [-0.3, -0.25) is 4.79 Å². The Balaban J connectivity index is 3.14. The number of rotatable bonds is 5. The first-order chi connectivity index (χ1) is 8.83. The molecule has 0 aliphatic rings. The molecule has 0 bridgehead atoms. The van der Waals surface area contributed by atoms with Gasteiger partial charge in [-0.05, 0) is 39.0 Å². The predicted molar refractivity (Wildman–Crippen MR) is 78.4 cm³/mol. The van der Waals surface area contributed by atoms with Crippen molar-refractivity contribution >= 4 is 17.3 Å². The maximum Gasteiger partial charge on any atom is 0.251 e. The summed E-state index contributed by atoms with van der Waals surface area (Å²) in [5.74, 6) is -0.126. The van der Waals surface area contributed by atoms with E-state index in [9.17, 15) is 9.90 Å². The Kier molecular flexibility index (Phi) is 4.78. The van der Waals surface area contributed by atoms with Gasteiger partial charge in [-0.2, -0.15) is 0 Å². The lowest BCUT2D eigenvalue weighted by atomic mass is 10.0. The van der Waals surface area contributed by atoms with E-state index in [0.717, 1.165) is 5.69 Å². The lowest BCUT2D eigenvalue weighted by Crippen LogP contribution is -2.44. The van der Waals surface area contributed by atoms with Gasteiger partial charge >= 0.3 is 0 Å². The monoisotopic (exact) mass is 265 g/mol. The number of hydrogen-bond donors (Lipinski definition) is 3. The third-order valence-electron chi connectivity index (χ3n) is 3.29. The standard InChI is InChI=1S/C14H23N3O2/c1-5-16-13(19)10-6-7-11(15)12(8-10)17(4)14(2,3)9-18/h6-8,18H,5,9,15H2,1-4H3,(H,16,19). The molecule has 106 valence electrons. The zero-order valence-corrected chi connectivity index (χ0v) is 12.0. The summed E-state index contributed by atoms with van der Waals surface area (Å²) in [4.78, 5) is 13.7. The molecular formula is C14H23N3O2. The van der Waals surface area contributed by atoms with Crippen LogP contribution in [0.2, 0.25) is 0 Å². The molecule has 1 rings (SSSR count). The van der Waals surface area contributed by atoms with E-state index in [1.165, 1.54) is 0 Å². The van der Waals surface area contributed by atoms with Crippen LogP contribution in [-0.2, 0) is 0 Å². The van der Waals surface area contributed by atoms with Crippen molar-refractivity contribution in [1.82, 2.24) is 5.32 Å². The zero-order valence-electron chi connectivity index (χ0n) is 12.0. The number of nitrogens with two attached hydrogens (primary N) is 1. The van der Waals surface area contributed by atoms with Crippen molar-refractivity contribution in [3.05, 3.63) is 23.8 Å². The molecule has 19 heavy (non-hydrogen) atoms. The van der Waals surface area contributed by atoms with E-state index < -0.39 is 5.54 Å². The smallest absolute Gasteiger partial charge is 0.251 e. The van der Waals surface area contributed by atoms with Gasteiger partial charge in [0.25, 0.3) is 5.91 Å². The molecule has 0 aliphatic heterocycles. The van der Waals surface area contributed by atoms with E-state index in [0.29, 0.717) is 17.8 Å². The van der Waals surface area contributed by atoms with Crippen molar-refractivity contribution in [2.75, 3.05) is 30.8 Å². The number of anilines is 2. The Bertz CT molecular complexity index is 458. The maximum atomic E-state index is 11.8. The summed E-state index contributed by atoms with van der Waals surface area (Å²) in [5, 5.41) is 12.2. The van der Waals surface area contributed by atoms with Crippen molar-refractivity contribution < 1.29 is 9.90 Å². The molecule has 0 saturated carbocycles. The van der Waals surface area contributed by atoms with Crippen molar-refractivity contribution in [3.63, 3.8) is 0 Å².